The van der Waals surface area contributed by atoms with Crippen molar-refractivity contribution in [1.82, 2.24) is 14.6 Å². The third kappa shape index (κ3) is 6.81. The zero-order valence-electron chi connectivity index (χ0n) is 22.6. The van der Waals surface area contributed by atoms with Gasteiger partial charge in [-0.1, -0.05) is 36.4 Å². The summed E-state index contributed by atoms with van der Waals surface area (Å²) < 4.78 is 37.5. The number of esters is 1. The first-order chi connectivity index (χ1) is 19.2. The summed E-state index contributed by atoms with van der Waals surface area (Å²) in [5, 5.41) is 25.9. The first-order valence-corrected chi connectivity index (χ1v) is 15.0. The molecule has 0 radical (unpaired) electrons. The fourth-order valence-corrected chi connectivity index (χ4v) is 6.14. The smallest absolute Gasteiger partial charge is 0.459 e. The molecule has 1 saturated heterocycles. The molecule has 1 aliphatic rings. The van der Waals surface area contributed by atoms with Gasteiger partial charge in [0.1, 0.15) is 29.6 Å². The third-order valence-corrected chi connectivity index (χ3v) is 8.56. The molecule has 4 rings (SSSR count). The van der Waals surface area contributed by atoms with Crippen LogP contribution in [0.5, 0.6) is 5.75 Å². The number of benzene rings is 2. The Hall–Kier alpha value is -2.84. The van der Waals surface area contributed by atoms with Crippen molar-refractivity contribution >= 4 is 40.4 Å². The van der Waals surface area contributed by atoms with Gasteiger partial charge >= 0.3 is 19.4 Å². The highest BCUT2D eigenvalue weighted by atomic mass is 79.9. The fraction of sp³-hybridized carbons (Fsp3) is 0.423. The number of hydrogen-bond donors (Lipinski definition) is 4. The van der Waals surface area contributed by atoms with Crippen LogP contribution in [0.25, 0.3) is 10.8 Å². The van der Waals surface area contributed by atoms with Crippen molar-refractivity contribution in [1.29, 1.82) is 0 Å². The van der Waals surface area contributed by atoms with E-state index in [0.29, 0.717) is 5.39 Å². The highest BCUT2D eigenvalue weighted by Gasteiger charge is 2.54. The molecule has 1 aliphatic heterocycles. The average Bonchev–Trinajstić information content (AvgIpc) is 3.13. The van der Waals surface area contributed by atoms with Gasteiger partial charge in [0, 0.05) is 11.6 Å². The molecule has 6 atom stereocenters. The fourth-order valence-electron chi connectivity index (χ4n) is 4.30. The van der Waals surface area contributed by atoms with Gasteiger partial charge in [0.15, 0.2) is 6.23 Å². The molecule has 41 heavy (non-hydrogen) atoms. The van der Waals surface area contributed by atoms with Gasteiger partial charge < -0.3 is 24.2 Å². The number of nitrogens with one attached hydrogen (secondary N) is 2. The number of hydrogen-bond acceptors (Lipinski definition) is 10. The van der Waals surface area contributed by atoms with E-state index in [1.807, 2.05) is 18.2 Å². The maximum Gasteiger partial charge on any atom is 0.459 e. The van der Waals surface area contributed by atoms with Crippen LogP contribution in [0.1, 0.15) is 33.9 Å². The number of rotatable bonds is 10. The Morgan fingerprint density at radius 1 is 1.22 bits per heavy atom. The summed E-state index contributed by atoms with van der Waals surface area (Å²) in [6.07, 6.45) is -3.69. The van der Waals surface area contributed by atoms with E-state index in [4.69, 9.17) is 18.5 Å². The van der Waals surface area contributed by atoms with Crippen molar-refractivity contribution in [3.63, 3.8) is 0 Å². The molecule has 2 heterocycles. The Morgan fingerprint density at radius 3 is 2.61 bits per heavy atom. The van der Waals surface area contributed by atoms with E-state index >= 15 is 0 Å². The lowest BCUT2D eigenvalue weighted by Gasteiger charge is -2.27. The standard InChI is InChI=1S/C26H31BrN3O10P/c1-14(2)38-23(33)15(3)29-41(36,40-19-11-7-9-16-8-5-6-10-17(16)19)37-13-20-21(31)26(4,35)24(39-20)30-12-18(27)22(32)28-25(30)34/h5-12,14-15,20-21,24,31,35H,13H2,1-4H3,(H,29,36)(H,28,32,34)/t15-,20-,21-,24-,26-,41-/m1/s1. The third-order valence-electron chi connectivity index (χ3n) is 6.37. The maximum absolute atomic E-state index is 14.1. The molecule has 1 aromatic heterocycles. The minimum absolute atomic E-state index is 0.00912. The molecule has 0 saturated carbocycles. The molecule has 0 amide bonds. The zero-order valence-corrected chi connectivity index (χ0v) is 25.1. The molecule has 1 fully saturated rings. The highest BCUT2D eigenvalue weighted by Crippen LogP contribution is 2.48. The predicted molar refractivity (Wildman–Crippen MR) is 152 cm³/mol. The molecule has 222 valence electrons. The van der Waals surface area contributed by atoms with Gasteiger partial charge in [0.25, 0.3) is 5.56 Å². The van der Waals surface area contributed by atoms with E-state index in [1.165, 1.54) is 13.8 Å². The van der Waals surface area contributed by atoms with Crippen LogP contribution in [0.3, 0.4) is 0 Å². The van der Waals surface area contributed by atoms with Gasteiger partial charge in [-0.2, -0.15) is 5.09 Å². The summed E-state index contributed by atoms with van der Waals surface area (Å²) in [5.41, 5.74) is -3.61. The largest absolute Gasteiger partial charge is 0.462 e. The first-order valence-electron chi connectivity index (χ1n) is 12.7. The second-order valence-electron chi connectivity index (χ2n) is 10.0. The van der Waals surface area contributed by atoms with E-state index in [2.05, 4.69) is 26.0 Å². The summed E-state index contributed by atoms with van der Waals surface area (Å²) in [6, 6.07) is 11.2. The van der Waals surface area contributed by atoms with Crippen LogP contribution >= 0.6 is 23.7 Å². The van der Waals surface area contributed by atoms with E-state index in [-0.39, 0.29) is 10.2 Å². The lowest BCUT2D eigenvalue weighted by atomic mass is 9.96. The second kappa shape index (κ2) is 12.2. The van der Waals surface area contributed by atoms with Crippen LogP contribution in [0.4, 0.5) is 0 Å². The Balaban J connectivity index is 1.61. The average molecular weight is 656 g/mol. The van der Waals surface area contributed by atoms with E-state index in [0.717, 1.165) is 16.2 Å². The number of H-pyrrole nitrogens is 1. The molecule has 0 bridgehead atoms. The number of aliphatic hydroxyl groups excluding tert-OH is 1. The topological polar surface area (TPSA) is 178 Å². The summed E-state index contributed by atoms with van der Waals surface area (Å²) in [4.78, 5) is 38.8. The number of aromatic amines is 1. The number of carbonyl (C=O) groups is 1. The van der Waals surface area contributed by atoms with E-state index in [1.54, 1.807) is 38.1 Å². The van der Waals surface area contributed by atoms with Gasteiger partial charge in [-0.05, 0) is 55.1 Å². The molecule has 15 heteroatoms. The van der Waals surface area contributed by atoms with Crippen LogP contribution in [0.2, 0.25) is 0 Å². The van der Waals surface area contributed by atoms with Gasteiger partial charge in [-0.3, -0.25) is 23.7 Å². The molecule has 3 aromatic rings. The van der Waals surface area contributed by atoms with E-state index in [9.17, 15) is 29.2 Å². The Kier molecular flexibility index (Phi) is 9.24. The Morgan fingerprint density at radius 2 is 1.90 bits per heavy atom. The van der Waals surface area contributed by atoms with Crippen molar-refractivity contribution in [2.45, 2.75) is 63.9 Å². The van der Waals surface area contributed by atoms with Crippen molar-refractivity contribution in [2.75, 3.05) is 6.61 Å². The predicted octanol–water partition coefficient (Wildman–Crippen LogP) is 2.59. The number of halogens is 1. The van der Waals surface area contributed by atoms with Crippen LogP contribution < -0.4 is 20.9 Å². The number of ether oxygens (including phenoxy) is 2. The molecule has 13 nitrogen and oxygen atoms in total. The summed E-state index contributed by atoms with van der Waals surface area (Å²) in [5.74, 6) is -0.501. The van der Waals surface area contributed by atoms with Crippen LogP contribution in [0.15, 0.2) is 62.7 Å². The van der Waals surface area contributed by atoms with Crippen molar-refractivity contribution in [3.8, 4) is 5.75 Å². The molecule has 4 N–H and O–H groups in total. The quantitative estimate of drug-likeness (QED) is 0.186. The Labute approximate surface area is 243 Å². The SMILES string of the molecule is CC(C)OC(=O)[C@@H](C)N[P@@](=O)(OC[C@H]1O[C@@H](n2cc(Br)c(=O)[nH]c2=O)[C@](C)(O)[C@@H]1O)Oc1cccc2ccccc12. The maximum atomic E-state index is 14.1. The van der Waals surface area contributed by atoms with Gasteiger partial charge in [-0.25, -0.2) is 9.36 Å². The number of aliphatic hydroxyl groups is 2. The first kappa shape index (κ1) is 31.1. The summed E-state index contributed by atoms with van der Waals surface area (Å²) in [7, 11) is -4.38. The highest BCUT2D eigenvalue weighted by molar-refractivity contribution is 9.10. The molecular formula is C26H31BrN3O10P. The minimum atomic E-state index is -4.38. The van der Waals surface area contributed by atoms with E-state index < -0.39 is 67.8 Å². The molecule has 0 unspecified atom stereocenters. The lowest BCUT2D eigenvalue weighted by Crippen LogP contribution is -2.47. The number of fused-ring (bicyclic) bond motifs is 1. The monoisotopic (exact) mass is 655 g/mol. The molecule has 0 aliphatic carbocycles. The summed E-state index contributed by atoms with van der Waals surface area (Å²) in [6.45, 7) is 5.41. The van der Waals surface area contributed by atoms with Crippen molar-refractivity contribution in [2.24, 2.45) is 0 Å². The summed E-state index contributed by atoms with van der Waals surface area (Å²) >= 11 is 3.02. The van der Waals surface area contributed by atoms with Gasteiger partial charge in [-0.15, -0.1) is 0 Å². The molecular weight excluding hydrogens is 625 g/mol. The van der Waals surface area contributed by atoms with Crippen LogP contribution in [0, 0.1) is 0 Å². The van der Waals surface area contributed by atoms with Crippen molar-refractivity contribution in [3.05, 3.63) is 74.0 Å². The van der Waals surface area contributed by atoms with Crippen LogP contribution in [-0.2, 0) is 23.4 Å². The number of aromatic nitrogens is 2. The van der Waals surface area contributed by atoms with Gasteiger partial charge in [0.2, 0.25) is 0 Å². The van der Waals surface area contributed by atoms with Crippen LogP contribution in [-0.4, -0.2) is 62.3 Å². The molecule has 0 spiro atoms. The number of carbonyl (C=O) groups excluding carboxylic acids is 1. The van der Waals surface area contributed by atoms with Gasteiger partial charge in [0.05, 0.1) is 17.2 Å². The normalized spacial score (nSPS) is 24.7. The molecule has 2 aromatic carbocycles. The number of nitrogens with zero attached hydrogens (tertiary/aromatic N) is 1. The Bertz CT molecular complexity index is 1580. The lowest BCUT2D eigenvalue weighted by molar-refractivity contribution is -0.149. The van der Waals surface area contributed by atoms with Crippen molar-refractivity contribution < 1.29 is 38.1 Å². The zero-order chi connectivity index (χ0) is 30.1. The second-order valence-corrected chi connectivity index (χ2v) is 12.6. The minimum Gasteiger partial charge on any atom is -0.462 e.